The maximum atomic E-state index is 13.1. The Labute approximate surface area is 197 Å². The van der Waals surface area contributed by atoms with Crippen molar-refractivity contribution >= 4 is 17.6 Å². The van der Waals surface area contributed by atoms with E-state index < -0.39 is 0 Å². The average Bonchev–Trinajstić information content (AvgIpc) is 3.26. The third kappa shape index (κ3) is 4.44. The van der Waals surface area contributed by atoms with E-state index in [2.05, 4.69) is 56.8 Å². The van der Waals surface area contributed by atoms with Crippen molar-refractivity contribution in [2.45, 2.75) is 46.2 Å². The highest BCUT2D eigenvalue weighted by molar-refractivity contribution is 5.76. The van der Waals surface area contributed by atoms with Crippen LogP contribution < -0.4 is 10.9 Å². The molecule has 2 N–H and O–H groups in total. The summed E-state index contributed by atoms with van der Waals surface area (Å²) in [5.74, 6) is 0.852. The Morgan fingerprint density at radius 3 is 2.62 bits per heavy atom. The first kappa shape index (κ1) is 21.9. The number of nitrogens with one attached hydrogen (secondary N) is 2. The zero-order valence-electron chi connectivity index (χ0n) is 19.5. The first-order valence-corrected chi connectivity index (χ1v) is 11.6. The van der Waals surface area contributed by atoms with Crippen LogP contribution in [-0.4, -0.2) is 36.9 Å². The van der Waals surface area contributed by atoms with Gasteiger partial charge in [-0.15, -0.1) is 0 Å². The molecule has 8 nitrogen and oxygen atoms in total. The summed E-state index contributed by atoms with van der Waals surface area (Å²) in [6, 6.07) is 16.5. The van der Waals surface area contributed by atoms with Crippen LogP contribution in [0.4, 0.5) is 5.95 Å². The highest BCUT2D eigenvalue weighted by atomic mass is 16.2. The Bertz CT molecular complexity index is 1400. The Morgan fingerprint density at radius 1 is 1.06 bits per heavy atom. The first-order chi connectivity index (χ1) is 16.5. The second kappa shape index (κ2) is 9.13. The molecule has 0 unspecified atom stereocenters. The zero-order chi connectivity index (χ0) is 23.7. The quantitative estimate of drug-likeness (QED) is 0.465. The molecule has 0 saturated heterocycles. The molecule has 2 aromatic heterocycles. The van der Waals surface area contributed by atoms with Gasteiger partial charge in [-0.05, 0) is 43.4 Å². The van der Waals surface area contributed by atoms with Crippen molar-refractivity contribution in [1.29, 1.82) is 0 Å². The Kier molecular flexibility index (Phi) is 5.88. The molecule has 8 heteroatoms. The molecule has 0 spiro atoms. The number of nitrogens with zero attached hydrogens (tertiary/aromatic N) is 4. The fourth-order valence-corrected chi connectivity index (χ4v) is 4.41. The molecule has 1 amide bonds. The number of hydrogen-bond acceptors (Lipinski definition) is 5. The van der Waals surface area contributed by atoms with Crippen LogP contribution in [0.2, 0.25) is 0 Å². The third-order valence-corrected chi connectivity index (χ3v) is 6.45. The molecule has 5 rings (SSSR count). The average molecular weight is 457 g/mol. The molecular weight excluding hydrogens is 428 g/mol. The van der Waals surface area contributed by atoms with Crippen molar-refractivity contribution < 1.29 is 4.79 Å². The van der Waals surface area contributed by atoms with Crippen LogP contribution in [0.15, 0.2) is 53.3 Å². The smallest absolute Gasteiger partial charge is 0.277 e. The van der Waals surface area contributed by atoms with Gasteiger partial charge in [0.15, 0.2) is 0 Å². The van der Waals surface area contributed by atoms with Crippen LogP contribution in [0.3, 0.4) is 0 Å². The van der Waals surface area contributed by atoms with E-state index in [-0.39, 0.29) is 17.9 Å². The lowest BCUT2D eigenvalue weighted by Gasteiger charge is -2.29. The molecule has 4 aromatic rings. The summed E-state index contributed by atoms with van der Waals surface area (Å²) in [5, 5.41) is 6.21. The zero-order valence-corrected chi connectivity index (χ0v) is 19.5. The van der Waals surface area contributed by atoms with E-state index in [1.54, 1.807) is 6.92 Å². The lowest BCUT2D eigenvalue weighted by molar-refractivity contribution is -0.132. The maximum Gasteiger partial charge on any atom is 0.277 e. The van der Waals surface area contributed by atoms with Crippen molar-refractivity contribution in [3.05, 3.63) is 92.4 Å². The van der Waals surface area contributed by atoms with Crippen LogP contribution in [0, 0.1) is 13.8 Å². The van der Waals surface area contributed by atoms with E-state index in [0.717, 1.165) is 12.0 Å². The molecule has 0 radical (unpaired) electrons. The predicted molar refractivity (Wildman–Crippen MR) is 131 cm³/mol. The van der Waals surface area contributed by atoms with E-state index in [1.165, 1.54) is 21.2 Å². The molecule has 0 saturated carbocycles. The van der Waals surface area contributed by atoms with Gasteiger partial charge in [0, 0.05) is 31.6 Å². The monoisotopic (exact) mass is 456 g/mol. The highest BCUT2D eigenvalue weighted by Crippen LogP contribution is 2.19. The number of amides is 1. The standard InChI is InChI=1S/C26H28N6O2/c1-17-7-9-19(10-8-17)15-27-25-29-26-28-18(2)22(24(34)32(26)30-25)11-12-23(33)31-14-13-20-5-3-4-6-21(20)16-31/h3-10H,11-16H2,1-2H3,(H2,27,28,29,30). The second-order valence-electron chi connectivity index (χ2n) is 8.86. The van der Waals surface area contributed by atoms with Crippen LogP contribution in [0.1, 0.15) is 39.9 Å². The van der Waals surface area contributed by atoms with Crippen LogP contribution in [-0.2, 0) is 30.7 Å². The van der Waals surface area contributed by atoms with Gasteiger partial charge in [-0.1, -0.05) is 54.1 Å². The van der Waals surface area contributed by atoms with Gasteiger partial charge in [0.05, 0.1) is 5.69 Å². The fourth-order valence-electron chi connectivity index (χ4n) is 4.41. The van der Waals surface area contributed by atoms with Crippen molar-refractivity contribution in [2.24, 2.45) is 0 Å². The number of aromatic amines is 1. The van der Waals surface area contributed by atoms with Gasteiger partial charge >= 0.3 is 0 Å². The number of carbonyl (C=O) groups is 1. The van der Waals surface area contributed by atoms with Gasteiger partial charge in [-0.2, -0.15) is 9.50 Å². The molecule has 174 valence electrons. The number of benzene rings is 2. The molecule has 3 heterocycles. The maximum absolute atomic E-state index is 13.1. The summed E-state index contributed by atoms with van der Waals surface area (Å²) < 4.78 is 1.35. The Hall–Kier alpha value is -3.94. The van der Waals surface area contributed by atoms with Crippen molar-refractivity contribution in [3.8, 4) is 0 Å². The van der Waals surface area contributed by atoms with Crippen molar-refractivity contribution in [2.75, 3.05) is 11.9 Å². The van der Waals surface area contributed by atoms with Gasteiger partial charge in [0.25, 0.3) is 11.3 Å². The van der Waals surface area contributed by atoms with E-state index in [0.29, 0.717) is 49.0 Å². The van der Waals surface area contributed by atoms with E-state index >= 15 is 0 Å². The van der Waals surface area contributed by atoms with Crippen molar-refractivity contribution in [1.82, 2.24) is 24.5 Å². The van der Waals surface area contributed by atoms with Crippen LogP contribution >= 0.6 is 0 Å². The minimum atomic E-state index is -0.213. The number of hydrogen-bond donors (Lipinski definition) is 2. The van der Waals surface area contributed by atoms with Gasteiger partial charge in [-0.25, -0.2) is 4.98 Å². The van der Waals surface area contributed by atoms with E-state index in [4.69, 9.17) is 0 Å². The van der Waals surface area contributed by atoms with Crippen LogP contribution in [0.5, 0.6) is 0 Å². The van der Waals surface area contributed by atoms with Crippen molar-refractivity contribution in [3.63, 3.8) is 0 Å². The third-order valence-electron chi connectivity index (χ3n) is 6.45. The minimum absolute atomic E-state index is 0.0588. The molecule has 1 aliphatic heterocycles. The molecule has 0 fully saturated rings. The highest BCUT2D eigenvalue weighted by Gasteiger charge is 2.21. The molecule has 0 atom stereocenters. The number of rotatable bonds is 6. The van der Waals surface area contributed by atoms with Gasteiger partial charge in [0.1, 0.15) is 0 Å². The summed E-state index contributed by atoms with van der Waals surface area (Å²) in [5.41, 5.74) is 5.76. The summed E-state index contributed by atoms with van der Waals surface area (Å²) in [6.07, 6.45) is 1.49. The molecule has 0 bridgehead atoms. The number of fused-ring (bicyclic) bond motifs is 2. The van der Waals surface area contributed by atoms with E-state index in [9.17, 15) is 9.59 Å². The lowest BCUT2D eigenvalue weighted by atomic mass is 9.99. The Morgan fingerprint density at radius 2 is 1.82 bits per heavy atom. The van der Waals surface area contributed by atoms with Gasteiger partial charge < -0.3 is 10.2 Å². The number of aryl methyl sites for hydroxylation is 2. The van der Waals surface area contributed by atoms with Gasteiger partial charge in [-0.3, -0.25) is 14.7 Å². The SMILES string of the molecule is Cc1ccc(CNc2nc3nc(C)c(CCC(=O)N4CCc5ccccc5C4)c(=O)n3[nH]2)cc1. The number of anilines is 1. The normalized spacial score (nSPS) is 13.2. The predicted octanol–water partition coefficient (Wildman–Crippen LogP) is 3.16. The van der Waals surface area contributed by atoms with E-state index in [1.807, 2.05) is 24.0 Å². The molecule has 1 aliphatic rings. The first-order valence-electron chi connectivity index (χ1n) is 11.6. The minimum Gasteiger partial charge on any atom is -0.351 e. The largest absolute Gasteiger partial charge is 0.351 e. The Balaban J connectivity index is 1.27. The van der Waals surface area contributed by atoms with Gasteiger partial charge in [0.2, 0.25) is 11.9 Å². The molecule has 2 aromatic carbocycles. The molecule has 34 heavy (non-hydrogen) atoms. The summed E-state index contributed by atoms with van der Waals surface area (Å²) in [6.45, 7) is 5.76. The number of carbonyl (C=O) groups excluding carboxylic acids is 1. The topological polar surface area (TPSA) is 95.4 Å². The lowest BCUT2D eigenvalue weighted by Crippen LogP contribution is -2.36. The summed E-state index contributed by atoms with van der Waals surface area (Å²) in [4.78, 5) is 36.8. The van der Waals surface area contributed by atoms with Crippen LogP contribution in [0.25, 0.3) is 5.78 Å². The number of aromatic nitrogens is 4. The second-order valence-corrected chi connectivity index (χ2v) is 8.86. The molecule has 0 aliphatic carbocycles. The fraction of sp³-hybridized carbons (Fsp3) is 0.308. The molecular formula is C26H28N6O2. The number of H-pyrrole nitrogens is 1. The summed E-state index contributed by atoms with van der Waals surface area (Å²) in [7, 11) is 0. The summed E-state index contributed by atoms with van der Waals surface area (Å²) >= 11 is 0.